The van der Waals surface area contributed by atoms with Crippen molar-refractivity contribution in [1.82, 2.24) is 0 Å². The monoisotopic (exact) mass is 259 g/mol. The maximum Gasteiger partial charge on any atom is 0.338 e. The molecule has 0 saturated heterocycles. The van der Waals surface area contributed by atoms with Gasteiger partial charge in [-0.1, -0.05) is 24.3 Å². The van der Waals surface area contributed by atoms with Crippen LogP contribution in [-0.4, -0.2) is 5.97 Å². The Balaban J connectivity index is 2.08. The Hall–Kier alpha value is -2.36. The molecule has 98 valence electrons. The molecule has 0 aromatic heterocycles. The fraction of sp³-hybridized carbons (Fsp3) is 0.133. The van der Waals surface area contributed by atoms with Crippen molar-refractivity contribution in [2.45, 2.75) is 13.5 Å². The zero-order valence-corrected chi connectivity index (χ0v) is 10.5. The lowest BCUT2D eigenvalue weighted by atomic mass is 10.1. The largest absolute Gasteiger partial charge is 0.457 e. The van der Waals surface area contributed by atoms with Crippen LogP contribution >= 0.6 is 0 Å². The number of anilines is 1. The minimum Gasteiger partial charge on any atom is -0.457 e. The molecule has 0 atom stereocenters. The van der Waals surface area contributed by atoms with E-state index in [0.29, 0.717) is 0 Å². The highest BCUT2D eigenvalue weighted by atomic mass is 19.1. The lowest BCUT2D eigenvalue weighted by Crippen LogP contribution is -2.07. The van der Waals surface area contributed by atoms with Crippen LogP contribution in [0.5, 0.6) is 0 Å². The molecule has 0 amide bonds. The van der Waals surface area contributed by atoms with E-state index < -0.39 is 11.8 Å². The van der Waals surface area contributed by atoms with E-state index >= 15 is 0 Å². The smallest absolute Gasteiger partial charge is 0.338 e. The molecule has 2 N–H and O–H groups in total. The maximum atomic E-state index is 13.1. The summed E-state index contributed by atoms with van der Waals surface area (Å²) in [7, 11) is 0. The van der Waals surface area contributed by atoms with E-state index in [1.165, 1.54) is 6.07 Å². The number of carbonyl (C=O) groups is 1. The topological polar surface area (TPSA) is 52.3 Å². The van der Waals surface area contributed by atoms with Gasteiger partial charge in [0.2, 0.25) is 0 Å². The summed E-state index contributed by atoms with van der Waals surface area (Å²) in [6.45, 7) is 2.09. The second-order valence-corrected chi connectivity index (χ2v) is 4.28. The normalized spacial score (nSPS) is 10.2. The fourth-order valence-electron chi connectivity index (χ4n) is 1.73. The number of halogens is 1. The van der Waals surface area contributed by atoms with Gasteiger partial charge >= 0.3 is 5.97 Å². The van der Waals surface area contributed by atoms with Crippen molar-refractivity contribution in [3.8, 4) is 0 Å². The molecule has 2 rings (SSSR count). The second-order valence-electron chi connectivity index (χ2n) is 4.28. The van der Waals surface area contributed by atoms with Gasteiger partial charge in [0.1, 0.15) is 12.4 Å². The molecule has 19 heavy (non-hydrogen) atoms. The van der Waals surface area contributed by atoms with E-state index in [9.17, 15) is 9.18 Å². The van der Waals surface area contributed by atoms with Gasteiger partial charge in [0.15, 0.2) is 0 Å². The van der Waals surface area contributed by atoms with Crippen molar-refractivity contribution in [1.29, 1.82) is 0 Å². The highest BCUT2D eigenvalue weighted by Crippen LogP contribution is 2.14. The molecule has 0 bridgehead atoms. The summed E-state index contributed by atoms with van der Waals surface area (Å²) in [4.78, 5) is 11.8. The van der Waals surface area contributed by atoms with Crippen LogP contribution in [0.2, 0.25) is 0 Å². The van der Waals surface area contributed by atoms with Crippen molar-refractivity contribution in [3.05, 3.63) is 65.0 Å². The summed E-state index contributed by atoms with van der Waals surface area (Å²) >= 11 is 0. The Bertz CT molecular complexity index is 591. The van der Waals surface area contributed by atoms with E-state index in [1.54, 1.807) is 0 Å². The Morgan fingerprint density at radius 3 is 2.68 bits per heavy atom. The van der Waals surface area contributed by atoms with Gasteiger partial charge in [-0.15, -0.1) is 0 Å². The summed E-state index contributed by atoms with van der Waals surface area (Å²) in [6.07, 6.45) is 0. The van der Waals surface area contributed by atoms with Crippen LogP contribution in [0, 0.1) is 12.7 Å². The lowest BCUT2D eigenvalue weighted by molar-refractivity contribution is 0.0471. The number of nitrogen functional groups attached to an aromatic ring is 1. The summed E-state index contributed by atoms with van der Waals surface area (Å²) in [5.41, 5.74) is 7.75. The number of hydrogen-bond acceptors (Lipinski definition) is 3. The maximum absolute atomic E-state index is 13.1. The van der Waals surface area contributed by atoms with Crippen molar-refractivity contribution in [2.75, 3.05) is 5.73 Å². The predicted octanol–water partition coefficient (Wildman–Crippen LogP) is 3.07. The molecule has 0 heterocycles. The fourth-order valence-corrected chi connectivity index (χ4v) is 1.73. The molecule has 0 radical (unpaired) electrons. The lowest BCUT2D eigenvalue weighted by Gasteiger charge is -2.08. The highest BCUT2D eigenvalue weighted by molar-refractivity contribution is 5.90. The quantitative estimate of drug-likeness (QED) is 0.680. The van der Waals surface area contributed by atoms with Gasteiger partial charge in [0.25, 0.3) is 0 Å². The third-order valence-electron chi connectivity index (χ3n) is 2.78. The average molecular weight is 259 g/mol. The number of benzene rings is 2. The molecule has 0 unspecified atom stereocenters. The molecule has 0 fully saturated rings. The second kappa shape index (κ2) is 5.52. The molecule has 0 aliphatic heterocycles. The molecule has 0 aliphatic rings. The van der Waals surface area contributed by atoms with Crippen LogP contribution in [0.3, 0.4) is 0 Å². The van der Waals surface area contributed by atoms with Crippen LogP contribution in [0.15, 0.2) is 42.5 Å². The predicted molar refractivity (Wildman–Crippen MR) is 71.1 cm³/mol. The number of hydrogen-bond donors (Lipinski definition) is 1. The summed E-state index contributed by atoms with van der Waals surface area (Å²) < 4.78 is 18.3. The number of esters is 1. The summed E-state index contributed by atoms with van der Waals surface area (Å²) in [5, 5.41) is 0. The first-order valence-electron chi connectivity index (χ1n) is 5.84. The Morgan fingerprint density at radius 1 is 1.26 bits per heavy atom. The molecule has 0 spiro atoms. The van der Waals surface area contributed by atoms with Gasteiger partial charge in [-0.3, -0.25) is 0 Å². The number of ether oxygens (including phenoxy) is 1. The molecule has 0 saturated carbocycles. The first-order valence-corrected chi connectivity index (χ1v) is 5.84. The molecule has 0 aliphatic carbocycles. The minimum absolute atomic E-state index is 0.117. The SMILES string of the molecule is Cc1ccccc1COC(=O)c1cc(N)cc(F)c1. The molecular formula is C15H14FNO2. The Labute approximate surface area is 110 Å². The van der Waals surface area contributed by atoms with Crippen LogP contribution in [0.25, 0.3) is 0 Å². The molecule has 4 heteroatoms. The first kappa shape index (κ1) is 13.1. The van der Waals surface area contributed by atoms with E-state index in [2.05, 4.69) is 0 Å². The van der Waals surface area contributed by atoms with E-state index in [4.69, 9.17) is 10.5 Å². The first-order chi connectivity index (χ1) is 9.06. The molecular weight excluding hydrogens is 245 g/mol. The van der Waals surface area contributed by atoms with Gasteiger partial charge in [-0.2, -0.15) is 0 Å². The molecule has 3 nitrogen and oxygen atoms in total. The zero-order chi connectivity index (χ0) is 13.8. The minimum atomic E-state index is -0.588. The number of nitrogens with two attached hydrogens (primary N) is 1. The van der Waals surface area contributed by atoms with Gasteiger partial charge < -0.3 is 10.5 Å². The van der Waals surface area contributed by atoms with Crippen LogP contribution in [0.1, 0.15) is 21.5 Å². The summed E-state index contributed by atoms with van der Waals surface area (Å²) in [6, 6.07) is 11.2. The van der Waals surface area contributed by atoms with Crippen LogP contribution in [-0.2, 0) is 11.3 Å². The Morgan fingerprint density at radius 2 is 2.00 bits per heavy atom. The molecule has 2 aromatic carbocycles. The van der Waals surface area contributed by atoms with Gasteiger partial charge in [0, 0.05) is 5.69 Å². The average Bonchev–Trinajstić information content (AvgIpc) is 2.36. The van der Waals surface area contributed by atoms with Crippen molar-refractivity contribution in [2.24, 2.45) is 0 Å². The van der Waals surface area contributed by atoms with Gasteiger partial charge in [0.05, 0.1) is 5.56 Å². The number of rotatable bonds is 3. The Kier molecular flexibility index (Phi) is 3.80. The number of aryl methyl sites for hydroxylation is 1. The van der Waals surface area contributed by atoms with Crippen molar-refractivity contribution < 1.29 is 13.9 Å². The standard InChI is InChI=1S/C15H14FNO2/c1-10-4-2-3-5-11(10)9-19-15(18)12-6-13(16)8-14(17)7-12/h2-8H,9,17H2,1H3. The third-order valence-corrected chi connectivity index (χ3v) is 2.78. The zero-order valence-electron chi connectivity index (χ0n) is 10.5. The van der Waals surface area contributed by atoms with Gasteiger partial charge in [-0.25, -0.2) is 9.18 Å². The van der Waals surface area contributed by atoms with Crippen molar-refractivity contribution >= 4 is 11.7 Å². The van der Waals surface area contributed by atoms with Crippen LogP contribution < -0.4 is 5.73 Å². The number of carbonyl (C=O) groups excluding carboxylic acids is 1. The van der Waals surface area contributed by atoms with Crippen LogP contribution in [0.4, 0.5) is 10.1 Å². The molecule has 2 aromatic rings. The third kappa shape index (κ3) is 3.31. The van der Waals surface area contributed by atoms with Gasteiger partial charge in [-0.05, 0) is 36.2 Å². The highest BCUT2D eigenvalue weighted by Gasteiger charge is 2.10. The summed E-state index contributed by atoms with van der Waals surface area (Å²) in [5.74, 6) is -1.14. The van der Waals surface area contributed by atoms with E-state index in [1.807, 2.05) is 31.2 Å². The van der Waals surface area contributed by atoms with Crippen molar-refractivity contribution in [3.63, 3.8) is 0 Å². The van der Waals surface area contributed by atoms with E-state index in [0.717, 1.165) is 23.3 Å². The van der Waals surface area contributed by atoms with E-state index in [-0.39, 0.29) is 17.9 Å².